The van der Waals surface area contributed by atoms with Gasteiger partial charge in [0.25, 0.3) is 0 Å². The van der Waals surface area contributed by atoms with Gasteiger partial charge in [-0.2, -0.15) is 5.10 Å². The monoisotopic (exact) mass is 297 g/mol. The second-order valence-corrected chi connectivity index (χ2v) is 4.77. The largest absolute Gasteiger partial charge is 0.477 e. The lowest BCUT2D eigenvalue weighted by molar-refractivity contribution is -0.118. The molecule has 0 fully saturated rings. The molecular formula is C15H15N5O2. The van der Waals surface area contributed by atoms with Gasteiger partial charge in [0.1, 0.15) is 11.7 Å². The number of hydrogen-bond donors (Lipinski definition) is 1. The molecule has 0 bridgehead atoms. The van der Waals surface area contributed by atoms with E-state index in [2.05, 4.69) is 15.1 Å². The minimum absolute atomic E-state index is 0.136. The molecule has 22 heavy (non-hydrogen) atoms. The third-order valence-electron chi connectivity index (χ3n) is 3.19. The summed E-state index contributed by atoms with van der Waals surface area (Å²) >= 11 is 0. The first-order valence-electron chi connectivity index (χ1n) is 6.83. The number of rotatable bonds is 5. The zero-order valence-electron chi connectivity index (χ0n) is 12.1. The van der Waals surface area contributed by atoms with Crippen LogP contribution >= 0.6 is 0 Å². The summed E-state index contributed by atoms with van der Waals surface area (Å²) in [5, 5.41) is 5.24. The van der Waals surface area contributed by atoms with Crippen molar-refractivity contribution in [1.29, 1.82) is 0 Å². The van der Waals surface area contributed by atoms with Gasteiger partial charge in [0, 0.05) is 0 Å². The molecule has 0 spiro atoms. The highest BCUT2D eigenvalue weighted by Crippen LogP contribution is 2.26. The fourth-order valence-corrected chi connectivity index (χ4v) is 2.19. The third kappa shape index (κ3) is 2.60. The van der Waals surface area contributed by atoms with Crippen molar-refractivity contribution in [3.63, 3.8) is 0 Å². The Balaban J connectivity index is 2.03. The van der Waals surface area contributed by atoms with Crippen molar-refractivity contribution in [1.82, 2.24) is 19.7 Å². The maximum Gasteiger partial charge on any atom is 0.228 e. The van der Waals surface area contributed by atoms with E-state index in [9.17, 15) is 4.79 Å². The Morgan fingerprint density at radius 1 is 1.27 bits per heavy atom. The van der Waals surface area contributed by atoms with Crippen LogP contribution in [0.2, 0.25) is 0 Å². The van der Waals surface area contributed by atoms with E-state index < -0.39 is 5.91 Å². The van der Waals surface area contributed by atoms with Crippen LogP contribution in [0.4, 0.5) is 0 Å². The number of aromatic nitrogens is 4. The van der Waals surface area contributed by atoms with E-state index in [1.165, 1.54) is 6.33 Å². The van der Waals surface area contributed by atoms with E-state index in [4.69, 9.17) is 10.5 Å². The molecule has 2 heterocycles. The third-order valence-corrected chi connectivity index (χ3v) is 3.19. The SMILES string of the molecule is Cc1nn(-c2ccccc2)c2ncnc(OCCC(N)=O)c12. The Hall–Kier alpha value is -2.96. The molecule has 1 amide bonds. The second kappa shape index (κ2) is 5.80. The fourth-order valence-electron chi connectivity index (χ4n) is 2.19. The summed E-state index contributed by atoms with van der Waals surface area (Å²) in [5.41, 5.74) is 7.43. The van der Waals surface area contributed by atoms with E-state index in [1.807, 2.05) is 37.3 Å². The number of ether oxygens (including phenoxy) is 1. The van der Waals surface area contributed by atoms with Crippen molar-refractivity contribution < 1.29 is 9.53 Å². The first-order valence-corrected chi connectivity index (χ1v) is 6.83. The number of para-hydroxylation sites is 1. The van der Waals surface area contributed by atoms with Crippen LogP contribution in [-0.2, 0) is 4.79 Å². The van der Waals surface area contributed by atoms with Crippen LogP contribution in [0.1, 0.15) is 12.1 Å². The molecule has 3 rings (SSSR count). The average Bonchev–Trinajstić information content (AvgIpc) is 2.86. The smallest absolute Gasteiger partial charge is 0.228 e. The molecule has 0 unspecified atom stereocenters. The number of nitrogens with two attached hydrogens (primary N) is 1. The summed E-state index contributed by atoms with van der Waals surface area (Å²) in [6, 6.07) is 9.70. The number of carbonyl (C=O) groups excluding carboxylic acids is 1. The molecule has 7 heteroatoms. The quantitative estimate of drug-likeness (QED) is 0.767. The van der Waals surface area contributed by atoms with Gasteiger partial charge in [0.15, 0.2) is 5.65 Å². The molecule has 1 aromatic carbocycles. The van der Waals surface area contributed by atoms with Gasteiger partial charge in [-0.3, -0.25) is 4.79 Å². The van der Waals surface area contributed by atoms with Gasteiger partial charge in [-0.25, -0.2) is 14.6 Å². The Labute approximate surface area is 126 Å². The van der Waals surface area contributed by atoms with E-state index in [-0.39, 0.29) is 13.0 Å². The predicted octanol–water partition coefficient (Wildman–Crippen LogP) is 1.38. The van der Waals surface area contributed by atoms with Crippen LogP contribution in [0.3, 0.4) is 0 Å². The minimum atomic E-state index is -0.415. The Kier molecular flexibility index (Phi) is 3.69. The van der Waals surface area contributed by atoms with Crippen molar-refractivity contribution in [3.05, 3.63) is 42.4 Å². The summed E-state index contributed by atoms with van der Waals surface area (Å²) < 4.78 is 7.30. The molecule has 0 saturated carbocycles. The Morgan fingerprint density at radius 2 is 2.05 bits per heavy atom. The van der Waals surface area contributed by atoms with Crippen molar-refractivity contribution in [2.24, 2.45) is 5.73 Å². The van der Waals surface area contributed by atoms with E-state index in [0.29, 0.717) is 11.5 Å². The molecule has 0 aliphatic heterocycles. The van der Waals surface area contributed by atoms with Crippen LogP contribution in [0.15, 0.2) is 36.7 Å². The summed E-state index contributed by atoms with van der Waals surface area (Å²) in [4.78, 5) is 19.2. The number of hydrogen-bond acceptors (Lipinski definition) is 5. The first kappa shape index (κ1) is 14.0. The van der Waals surface area contributed by atoms with Crippen LogP contribution in [0.25, 0.3) is 16.7 Å². The van der Waals surface area contributed by atoms with E-state index in [1.54, 1.807) is 4.68 Å². The zero-order valence-corrected chi connectivity index (χ0v) is 12.1. The van der Waals surface area contributed by atoms with Gasteiger partial charge >= 0.3 is 0 Å². The molecule has 0 saturated heterocycles. The van der Waals surface area contributed by atoms with Crippen molar-refractivity contribution in [2.45, 2.75) is 13.3 Å². The van der Waals surface area contributed by atoms with Gasteiger partial charge < -0.3 is 10.5 Å². The highest BCUT2D eigenvalue weighted by atomic mass is 16.5. The lowest BCUT2D eigenvalue weighted by atomic mass is 10.3. The molecule has 3 aromatic rings. The van der Waals surface area contributed by atoms with E-state index >= 15 is 0 Å². The van der Waals surface area contributed by atoms with Gasteiger partial charge in [-0.05, 0) is 19.1 Å². The molecular weight excluding hydrogens is 282 g/mol. The average molecular weight is 297 g/mol. The van der Waals surface area contributed by atoms with Crippen molar-refractivity contribution >= 4 is 16.9 Å². The minimum Gasteiger partial charge on any atom is -0.477 e. The van der Waals surface area contributed by atoms with Gasteiger partial charge in [-0.1, -0.05) is 18.2 Å². The molecule has 2 N–H and O–H groups in total. The topological polar surface area (TPSA) is 95.9 Å². The molecule has 0 aliphatic rings. The molecule has 112 valence electrons. The first-order chi connectivity index (χ1) is 10.7. The number of carbonyl (C=O) groups is 1. The summed E-state index contributed by atoms with van der Waals surface area (Å²) in [5.74, 6) is -0.00654. The van der Waals surface area contributed by atoms with Gasteiger partial charge in [-0.15, -0.1) is 0 Å². The highest BCUT2D eigenvalue weighted by molar-refractivity contribution is 5.84. The number of fused-ring (bicyclic) bond motifs is 1. The number of aryl methyl sites for hydroxylation is 1. The predicted molar refractivity (Wildman–Crippen MR) is 80.7 cm³/mol. The fraction of sp³-hybridized carbons (Fsp3) is 0.200. The molecule has 0 radical (unpaired) electrons. The standard InChI is InChI=1S/C15H15N5O2/c1-10-13-14(20(19-10)11-5-3-2-4-6-11)17-9-18-15(13)22-8-7-12(16)21/h2-6,9H,7-8H2,1H3,(H2,16,21). The van der Waals surface area contributed by atoms with Crippen LogP contribution in [0.5, 0.6) is 5.88 Å². The van der Waals surface area contributed by atoms with Gasteiger partial charge in [0.2, 0.25) is 11.8 Å². The number of benzene rings is 1. The summed E-state index contributed by atoms with van der Waals surface area (Å²) in [7, 11) is 0. The van der Waals surface area contributed by atoms with Crippen LogP contribution in [0, 0.1) is 6.92 Å². The summed E-state index contributed by atoms with van der Waals surface area (Å²) in [6.45, 7) is 2.05. The Morgan fingerprint density at radius 3 is 2.77 bits per heavy atom. The van der Waals surface area contributed by atoms with Crippen LogP contribution in [-0.4, -0.2) is 32.3 Å². The lowest BCUT2D eigenvalue weighted by Gasteiger charge is -2.05. The summed E-state index contributed by atoms with van der Waals surface area (Å²) in [6.07, 6.45) is 1.56. The number of nitrogens with zero attached hydrogens (tertiary/aromatic N) is 4. The molecule has 7 nitrogen and oxygen atoms in total. The molecule has 2 aromatic heterocycles. The van der Waals surface area contributed by atoms with Crippen LogP contribution < -0.4 is 10.5 Å². The normalized spacial score (nSPS) is 10.8. The van der Waals surface area contributed by atoms with Gasteiger partial charge in [0.05, 0.1) is 24.4 Å². The molecule has 0 atom stereocenters. The molecule has 0 aliphatic carbocycles. The highest BCUT2D eigenvalue weighted by Gasteiger charge is 2.16. The second-order valence-electron chi connectivity index (χ2n) is 4.77. The van der Waals surface area contributed by atoms with Crippen molar-refractivity contribution in [3.8, 4) is 11.6 Å². The maximum absolute atomic E-state index is 10.8. The van der Waals surface area contributed by atoms with Crippen molar-refractivity contribution in [2.75, 3.05) is 6.61 Å². The Bertz CT molecular complexity index is 813. The number of primary amides is 1. The maximum atomic E-state index is 10.8. The zero-order chi connectivity index (χ0) is 15.5. The lowest BCUT2D eigenvalue weighted by Crippen LogP contribution is -2.15. The number of amides is 1. The van der Waals surface area contributed by atoms with E-state index in [0.717, 1.165) is 16.8 Å².